The molecule has 5 heteroatoms. The van der Waals surface area contributed by atoms with E-state index in [9.17, 15) is 4.79 Å². The van der Waals surface area contributed by atoms with Crippen molar-refractivity contribution in [3.8, 4) is 17.2 Å². The van der Waals surface area contributed by atoms with Gasteiger partial charge in [-0.25, -0.2) is 0 Å². The molecule has 1 aliphatic rings. The summed E-state index contributed by atoms with van der Waals surface area (Å²) in [6.45, 7) is 0. The van der Waals surface area contributed by atoms with E-state index in [1.165, 1.54) is 0 Å². The third kappa shape index (κ3) is 3.78. The number of methoxy groups -OCH3 is 1. The Morgan fingerprint density at radius 1 is 0.852 bits per heavy atom. The summed E-state index contributed by atoms with van der Waals surface area (Å²) in [5, 5.41) is -0.0377. The fraction of sp³-hybridized carbons (Fsp3) is 0.136. The van der Waals surface area contributed by atoms with Crippen LogP contribution in [-0.4, -0.2) is 18.8 Å². The second kappa shape index (κ2) is 7.76. The highest BCUT2D eigenvalue weighted by Crippen LogP contribution is 2.42. The lowest BCUT2D eigenvalue weighted by atomic mass is 10.1. The summed E-state index contributed by atoms with van der Waals surface area (Å²) in [6, 6.07) is 25.1. The first-order valence-corrected chi connectivity index (χ1v) is 9.70. The second-order valence-corrected chi connectivity index (χ2v) is 7.18. The number of hydrogen-bond acceptors (Lipinski definition) is 4. The van der Waals surface area contributed by atoms with Gasteiger partial charge in [0.15, 0.2) is 0 Å². The Hall–Kier alpha value is -2.92. The van der Waals surface area contributed by atoms with Crippen molar-refractivity contribution in [2.45, 2.75) is 5.37 Å². The van der Waals surface area contributed by atoms with E-state index in [2.05, 4.69) is 0 Å². The van der Waals surface area contributed by atoms with Gasteiger partial charge in [-0.3, -0.25) is 9.69 Å². The van der Waals surface area contributed by atoms with Crippen LogP contribution in [0.25, 0.3) is 0 Å². The summed E-state index contributed by atoms with van der Waals surface area (Å²) >= 11 is 1.63. The molecule has 136 valence electrons. The van der Waals surface area contributed by atoms with Gasteiger partial charge in [0.1, 0.15) is 22.6 Å². The minimum Gasteiger partial charge on any atom is -0.497 e. The number of para-hydroxylation sites is 1. The summed E-state index contributed by atoms with van der Waals surface area (Å²) in [6.07, 6.45) is 0. The zero-order valence-corrected chi connectivity index (χ0v) is 15.7. The summed E-state index contributed by atoms with van der Waals surface area (Å²) in [5.41, 5.74) is 1.95. The van der Waals surface area contributed by atoms with Gasteiger partial charge in [-0.2, -0.15) is 0 Å². The Morgan fingerprint density at radius 3 is 2.15 bits per heavy atom. The Kier molecular flexibility index (Phi) is 5.03. The second-order valence-electron chi connectivity index (χ2n) is 6.11. The smallest absolute Gasteiger partial charge is 0.238 e. The zero-order chi connectivity index (χ0) is 18.6. The van der Waals surface area contributed by atoms with Crippen molar-refractivity contribution in [1.29, 1.82) is 0 Å². The minimum absolute atomic E-state index is 0.0377. The Labute approximate surface area is 162 Å². The van der Waals surface area contributed by atoms with Crippen LogP contribution in [0.2, 0.25) is 0 Å². The van der Waals surface area contributed by atoms with E-state index in [0.717, 1.165) is 28.5 Å². The molecule has 27 heavy (non-hydrogen) atoms. The molecule has 1 atom stereocenters. The van der Waals surface area contributed by atoms with Crippen LogP contribution in [0.15, 0.2) is 78.9 Å². The van der Waals surface area contributed by atoms with Gasteiger partial charge in [0.2, 0.25) is 5.91 Å². The first-order chi connectivity index (χ1) is 13.2. The monoisotopic (exact) mass is 377 g/mol. The number of amides is 1. The summed E-state index contributed by atoms with van der Waals surface area (Å²) in [5.74, 6) is 2.91. The molecule has 1 saturated heterocycles. The van der Waals surface area contributed by atoms with E-state index in [-0.39, 0.29) is 11.3 Å². The van der Waals surface area contributed by atoms with Crippen molar-refractivity contribution >= 4 is 23.4 Å². The van der Waals surface area contributed by atoms with Crippen LogP contribution in [0.3, 0.4) is 0 Å². The first kappa shape index (κ1) is 17.5. The Bertz CT molecular complexity index is 911. The normalized spacial score (nSPS) is 16.4. The van der Waals surface area contributed by atoms with Gasteiger partial charge >= 0.3 is 0 Å². The van der Waals surface area contributed by atoms with Crippen molar-refractivity contribution in [3.63, 3.8) is 0 Å². The highest BCUT2D eigenvalue weighted by atomic mass is 32.2. The Balaban J connectivity index is 1.55. The van der Waals surface area contributed by atoms with Crippen LogP contribution >= 0.6 is 11.8 Å². The lowest BCUT2D eigenvalue weighted by Gasteiger charge is -2.24. The highest BCUT2D eigenvalue weighted by molar-refractivity contribution is 8.00. The van der Waals surface area contributed by atoms with Crippen molar-refractivity contribution in [2.75, 3.05) is 17.8 Å². The quantitative estimate of drug-likeness (QED) is 0.607. The average Bonchev–Trinajstić information content (AvgIpc) is 3.11. The summed E-state index contributed by atoms with van der Waals surface area (Å²) in [4.78, 5) is 14.4. The molecule has 0 saturated carbocycles. The van der Waals surface area contributed by atoms with E-state index in [0.29, 0.717) is 5.75 Å². The maximum Gasteiger partial charge on any atom is 0.238 e. The predicted octanol–water partition coefficient (Wildman–Crippen LogP) is 5.27. The zero-order valence-electron chi connectivity index (χ0n) is 14.9. The van der Waals surface area contributed by atoms with Gasteiger partial charge in [0.05, 0.1) is 12.9 Å². The van der Waals surface area contributed by atoms with E-state index in [1.807, 2.05) is 83.8 Å². The number of hydrogen-bond donors (Lipinski definition) is 0. The summed E-state index contributed by atoms with van der Waals surface area (Å²) in [7, 11) is 1.65. The number of benzene rings is 3. The molecule has 1 heterocycles. The van der Waals surface area contributed by atoms with Gasteiger partial charge in [0.25, 0.3) is 0 Å². The molecule has 4 rings (SSSR count). The van der Waals surface area contributed by atoms with Gasteiger partial charge in [0, 0.05) is 5.69 Å². The van der Waals surface area contributed by atoms with Crippen LogP contribution in [0.1, 0.15) is 10.9 Å². The number of rotatable bonds is 5. The van der Waals surface area contributed by atoms with Gasteiger partial charge in [-0.05, 0) is 54.1 Å². The van der Waals surface area contributed by atoms with E-state index < -0.39 is 0 Å². The van der Waals surface area contributed by atoms with E-state index in [4.69, 9.17) is 9.47 Å². The third-order valence-electron chi connectivity index (χ3n) is 4.36. The fourth-order valence-corrected chi connectivity index (χ4v) is 4.20. The first-order valence-electron chi connectivity index (χ1n) is 8.65. The predicted molar refractivity (Wildman–Crippen MR) is 109 cm³/mol. The van der Waals surface area contributed by atoms with Crippen molar-refractivity contribution in [3.05, 3.63) is 84.4 Å². The van der Waals surface area contributed by atoms with Crippen LogP contribution < -0.4 is 14.4 Å². The SMILES string of the molecule is COc1ccc([C@H]2SCC(=O)N2c2ccc(Oc3ccccc3)cc2)cc1. The molecular formula is C22H19NO3S. The standard InChI is InChI=1S/C22H19NO3S/c1-25-18-11-7-16(8-12-18)22-23(21(24)15-27-22)17-9-13-20(14-10-17)26-19-5-3-2-4-6-19/h2-14,22H,15H2,1H3/t22-/m1/s1. The molecule has 0 N–H and O–H groups in total. The van der Waals surface area contributed by atoms with E-state index >= 15 is 0 Å². The molecule has 1 fully saturated rings. The maximum absolute atomic E-state index is 12.5. The van der Waals surface area contributed by atoms with Crippen molar-refractivity contribution in [2.24, 2.45) is 0 Å². The van der Waals surface area contributed by atoms with Crippen LogP contribution in [-0.2, 0) is 4.79 Å². The van der Waals surface area contributed by atoms with Gasteiger partial charge in [-0.15, -0.1) is 11.8 Å². The average molecular weight is 377 g/mol. The number of nitrogens with zero attached hydrogens (tertiary/aromatic N) is 1. The maximum atomic E-state index is 12.5. The number of anilines is 1. The highest BCUT2D eigenvalue weighted by Gasteiger charge is 2.34. The molecule has 0 spiro atoms. The lowest BCUT2D eigenvalue weighted by molar-refractivity contribution is -0.115. The van der Waals surface area contributed by atoms with E-state index in [1.54, 1.807) is 18.9 Å². The van der Waals surface area contributed by atoms with Gasteiger partial charge in [-0.1, -0.05) is 30.3 Å². The summed E-state index contributed by atoms with van der Waals surface area (Å²) < 4.78 is 11.1. The molecular weight excluding hydrogens is 358 g/mol. The molecule has 0 bridgehead atoms. The Morgan fingerprint density at radius 2 is 1.48 bits per heavy atom. The molecule has 0 aliphatic carbocycles. The topological polar surface area (TPSA) is 38.8 Å². The van der Waals surface area contributed by atoms with Crippen molar-refractivity contribution < 1.29 is 14.3 Å². The third-order valence-corrected chi connectivity index (χ3v) is 5.57. The minimum atomic E-state index is -0.0377. The van der Waals surface area contributed by atoms with Crippen LogP contribution in [0.4, 0.5) is 5.69 Å². The van der Waals surface area contributed by atoms with Crippen LogP contribution in [0.5, 0.6) is 17.2 Å². The lowest BCUT2D eigenvalue weighted by Crippen LogP contribution is -2.27. The molecule has 4 nitrogen and oxygen atoms in total. The van der Waals surface area contributed by atoms with Crippen molar-refractivity contribution in [1.82, 2.24) is 0 Å². The molecule has 3 aromatic carbocycles. The number of thioether (sulfide) groups is 1. The number of carbonyl (C=O) groups is 1. The molecule has 0 aromatic heterocycles. The largest absolute Gasteiger partial charge is 0.497 e. The fourth-order valence-electron chi connectivity index (χ4n) is 3.02. The molecule has 1 amide bonds. The molecule has 1 aliphatic heterocycles. The number of carbonyl (C=O) groups excluding carboxylic acids is 1. The van der Waals surface area contributed by atoms with Crippen LogP contribution in [0, 0.1) is 0 Å². The number of ether oxygens (including phenoxy) is 2. The molecule has 0 unspecified atom stereocenters. The molecule has 3 aromatic rings. The van der Waals surface area contributed by atoms with Gasteiger partial charge < -0.3 is 9.47 Å². The molecule has 0 radical (unpaired) electrons.